The van der Waals surface area contributed by atoms with Crippen LogP contribution in [0.1, 0.15) is 23.5 Å². The van der Waals surface area contributed by atoms with Crippen molar-refractivity contribution < 1.29 is 13.2 Å². The Labute approximate surface area is 158 Å². The number of rotatable bonds is 5. The predicted molar refractivity (Wildman–Crippen MR) is 106 cm³/mol. The lowest BCUT2D eigenvalue weighted by molar-refractivity contribution is -0.124. The van der Waals surface area contributed by atoms with Crippen LogP contribution in [0.4, 0.5) is 0 Å². The number of hydrogen-bond acceptors (Lipinski definition) is 3. The zero-order valence-corrected chi connectivity index (χ0v) is 15.7. The molecule has 1 saturated heterocycles. The number of carbonyl (C=O) groups excluding carboxylic acids is 1. The van der Waals surface area contributed by atoms with Crippen molar-refractivity contribution in [1.82, 2.24) is 10.3 Å². The van der Waals surface area contributed by atoms with E-state index in [-0.39, 0.29) is 23.3 Å². The number of sulfone groups is 1. The minimum atomic E-state index is -3.07. The number of hydrogen-bond donors (Lipinski definition) is 2. The van der Waals surface area contributed by atoms with Gasteiger partial charge in [0.1, 0.15) is 0 Å². The van der Waals surface area contributed by atoms with E-state index in [1.807, 2.05) is 42.6 Å². The maximum Gasteiger partial charge on any atom is 0.224 e. The van der Waals surface area contributed by atoms with Gasteiger partial charge in [-0.1, -0.05) is 48.5 Å². The third-order valence-electron chi connectivity index (χ3n) is 5.28. The maximum absolute atomic E-state index is 12.5. The lowest BCUT2D eigenvalue weighted by Gasteiger charge is -2.19. The zero-order valence-electron chi connectivity index (χ0n) is 14.9. The Morgan fingerprint density at radius 2 is 1.85 bits per heavy atom. The molecule has 6 heteroatoms. The minimum absolute atomic E-state index is 0.00990. The molecule has 1 amide bonds. The third-order valence-corrected chi connectivity index (χ3v) is 7.05. The summed E-state index contributed by atoms with van der Waals surface area (Å²) in [7, 11) is -3.07. The minimum Gasteiger partial charge on any atom is -0.361 e. The van der Waals surface area contributed by atoms with Gasteiger partial charge in [0.2, 0.25) is 5.91 Å². The number of para-hydroxylation sites is 1. The maximum atomic E-state index is 12.5. The fourth-order valence-electron chi connectivity index (χ4n) is 3.82. The molecule has 0 bridgehead atoms. The normalized spacial score (nSPS) is 19.8. The summed E-state index contributed by atoms with van der Waals surface area (Å²) < 4.78 is 23.3. The second-order valence-electron chi connectivity index (χ2n) is 7.10. The Kier molecular flexibility index (Phi) is 4.74. The van der Waals surface area contributed by atoms with Crippen LogP contribution < -0.4 is 5.32 Å². The van der Waals surface area contributed by atoms with E-state index in [0.717, 1.165) is 22.0 Å². The van der Waals surface area contributed by atoms with Crippen molar-refractivity contribution in [3.05, 3.63) is 71.9 Å². The van der Waals surface area contributed by atoms with Crippen LogP contribution in [0.2, 0.25) is 0 Å². The Morgan fingerprint density at radius 1 is 1.11 bits per heavy atom. The van der Waals surface area contributed by atoms with Crippen LogP contribution in [-0.4, -0.2) is 37.4 Å². The quantitative estimate of drug-likeness (QED) is 0.712. The SMILES string of the molecule is O=C(NCC(c1ccccc1)c1c[nH]c2ccccc12)C1CCS(=O)(=O)C1. The highest BCUT2D eigenvalue weighted by Crippen LogP contribution is 2.30. The number of H-pyrrole nitrogens is 1. The molecule has 1 aliphatic rings. The number of carbonyl (C=O) groups is 1. The molecule has 1 aliphatic heterocycles. The van der Waals surface area contributed by atoms with Crippen LogP contribution in [0.25, 0.3) is 10.9 Å². The summed E-state index contributed by atoms with van der Waals surface area (Å²) in [4.78, 5) is 15.8. The van der Waals surface area contributed by atoms with Gasteiger partial charge in [-0.05, 0) is 23.6 Å². The average Bonchev–Trinajstić information content (AvgIpc) is 3.26. The smallest absolute Gasteiger partial charge is 0.224 e. The standard InChI is InChI=1S/C21H22N2O3S/c24-21(16-10-11-27(25,26)14-16)23-12-18(15-6-2-1-3-7-15)19-13-22-20-9-5-4-8-17(19)20/h1-9,13,16,18,22H,10-12,14H2,(H,23,24). The van der Waals surface area contributed by atoms with Crippen LogP contribution in [0.5, 0.6) is 0 Å². The second kappa shape index (κ2) is 7.19. The van der Waals surface area contributed by atoms with Gasteiger partial charge in [-0.15, -0.1) is 0 Å². The first kappa shape index (κ1) is 17.8. The molecule has 2 atom stereocenters. The average molecular weight is 382 g/mol. The summed E-state index contributed by atoms with van der Waals surface area (Å²) in [5.41, 5.74) is 3.29. The van der Waals surface area contributed by atoms with Crippen LogP contribution in [0.3, 0.4) is 0 Å². The predicted octanol–water partition coefficient (Wildman–Crippen LogP) is 2.85. The zero-order chi connectivity index (χ0) is 18.9. The third kappa shape index (κ3) is 3.76. The largest absolute Gasteiger partial charge is 0.361 e. The topological polar surface area (TPSA) is 79.0 Å². The molecule has 140 valence electrons. The van der Waals surface area contributed by atoms with Crippen LogP contribution >= 0.6 is 0 Å². The first-order valence-electron chi connectivity index (χ1n) is 9.12. The summed E-state index contributed by atoms with van der Waals surface area (Å²) in [6.45, 7) is 0.432. The second-order valence-corrected chi connectivity index (χ2v) is 9.33. The summed E-state index contributed by atoms with van der Waals surface area (Å²) >= 11 is 0. The lowest BCUT2D eigenvalue weighted by atomic mass is 9.90. The van der Waals surface area contributed by atoms with Gasteiger partial charge in [-0.3, -0.25) is 4.79 Å². The monoisotopic (exact) mass is 382 g/mol. The molecule has 0 radical (unpaired) electrons. The van der Waals surface area contributed by atoms with E-state index in [4.69, 9.17) is 0 Å². The van der Waals surface area contributed by atoms with Crippen molar-refractivity contribution in [2.24, 2.45) is 5.92 Å². The van der Waals surface area contributed by atoms with Gasteiger partial charge in [0.05, 0.1) is 17.4 Å². The molecule has 4 rings (SSSR count). The summed E-state index contributed by atoms with van der Waals surface area (Å²) in [6, 6.07) is 18.2. The molecule has 0 spiro atoms. The summed E-state index contributed by atoms with van der Waals surface area (Å²) in [5, 5.41) is 4.13. The first-order chi connectivity index (χ1) is 13.0. The molecular formula is C21H22N2O3S. The Morgan fingerprint density at radius 3 is 2.59 bits per heavy atom. The fraction of sp³-hybridized carbons (Fsp3) is 0.286. The van der Waals surface area contributed by atoms with Gasteiger partial charge in [0.15, 0.2) is 9.84 Å². The van der Waals surface area contributed by atoms with Gasteiger partial charge >= 0.3 is 0 Å². The fourth-order valence-corrected chi connectivity index (χ4v) is 5.57. The molecule has 3 aromatic rings. The van der Waals surface area contributed by atoms with Crippen LogP contribution in [-0.2, 0) is 14.6 Å². The molecule has 2 unspecified atom stereocenters. The van der Waals surface area contributed by atoms with Crippen molar-refractivity contribution >= 4 is 26.6 Å². The highest BCUT2D eigenvalue weighted by atomic mass is 32.2. The first-order valence-corrected chi connectivity index (χ1v) is 10.9. The molecule has 2 heterocycles. The molecule has 1 aromatic heterocycles. The highest BCUT2D eigenvalue weighted by Gasteiger charge is 2.33. The van der Waals surface area contributed by atoms with Crippen molar-refractivity contribution in [3.63, 3.8) is 0 Å². The molecule has 27 heavy (non-hydrogen) atoms. The molecule has 2 aromatic carbocycles. The van der Waals surface area contributed by atoms with Crippen molar-refractivity contribution in [2.45, 2.75) is 12.3 Å². The van der Waals surface area contributed by atoms with E-state index in [2.05, 4.69) is 28.5 Å². The number of nitrogens with one attached hydrogen (secondary N) is 2. The van der Waals surface area contributed by atoms with Crippen LogP contribution in [0, 0.1) is 5.92 Å². The van der Waals surface area contributed by atoms with E-state index in [1.54, 1.807) is 0 Å². The van der Waals surface area contributed by atoms with E-state index in [9.17, 15) is 13.2 Å². The van der Waals surface area contributed by atoms with Crippen LogP contribution in [0.15, 0.2) is 60.8 Å². The van der Waals surface area contributed by atoms with E-state index >= 15 is 0 Å². The Bertz CT molecular complexity index is 1060. The number of aromatic amines is 1. The summed E-state index contributed by atoms with van der Waals surface area (Å²) in [6.07, 6.45) is 2.41. The molecule has 0 aliphatic carbocycles. The number of aromatic nitrogens is 1. The van der Waals surface area contributed by atoms with E-state index < -0.39 is 15.8 Å². The number of benzene rings is 2. The molecule has 5 nitrogen and oxygen atoms in total. The molecule has 0 saturated carbocycles. The highest BCUT2D eigenvalue weighted by molar-refractivity contribution is 7.91. The van der Waals surface area contributed by atoms with Gasteiger partial charge < -0.3 is 10.3 Å². The van der Waals surface area contributed by atoms with Crippen molar-refractivity contribution in [1.29, 1.82) is 0 Å². The Balaban J connectivity index is 1.59. The van der Waals surface area contributed by atoms with Gasteiger partial charge in [-0.2, -0.15) is 0 Å². The molecule has 1 fully saturated rings. The Hall–Kier alpha value is -2.60. The summed E-state index contributed by atoms with van der Waals surface area (Å²) in [5.74, 6) is -0.548. The van der Waals surface area contributed by atoms with Crippen molar-refractivity contribution in [3.8, 4) is 0 Å². The van der Waals surface area contributed by atoms with E-state index in [1.165, 1.54) is 0 Å². The van der Waals surface area contributed by atoms with Gasteiger partial charge in [0.25, 0.3) is 0 Å². The van der Waals surface area contributed by atoms with Gasteiger partial charge in [-0.25, -0.2) is 8.42 Å². The molecular weight excluding hydrogens is 360 g/mol. The number of fused-ring (bicyclic) bond motifs is 1. The van der Waals surface area contributed by atoms with E-state index in [0.29, 0.717) is 13.0 Å². The van der Waals surface area contributed by atoms with Crippen molar-refractivity contribution in [2.75, 3.05) is 18.1 Å². The number of amides is 1. The van der Waals surface area contributed by atoms with Gasteiger partial charge in [0, 0.05) is 29.6 Å². The molecule has 2 N–H and O–H groups in total. The lowest BCUT2D eigenvalue weighted by Crippen LogP contribution is -2.34.